The van der Waals surface area contributed by atoms with Gasteiger partial charge in [-0.2, -0.15) is 0 Å². The Morgan fingerprint density at radius 3 is 2.94 bits per heavy atom. The molecule has 0 radical (unpaired) electrons. The maximum Gasteiger partial charge on any atom is 0.0741 e. The van der Waals surface area contributed by atoms with Gasteiger partial charge in [-0.3, -0.25) is 4.98 Å². The molecule has 0 atom stereocenters. The van der Waals surface area contributed by atoms with Crippen molar-refractivity contribution in [2.24, 2.45) is 0 Å². The van der Waals surface area contributed by atoms with Gasteiger partial charge in [0, 0.05) is 28.3 Å². The fraction of sp³-hybridized carbons (Fsp3) is 0.400. The molecule has 0 aliphatic heterocycles. The first-order valence-corrected chi connectivity index (χ1v) is 6.94. The van der Waals surface area contributed by atoms with Gasteiger partial charge in [-0.25, -0.2) is 0 Å². The third kappa shape index (κ3) is 1.76. The number of nitrogens with zero attached hydrogens (tertiary/aromatic N) is 1. The fourth-order valence-electron chi connectivity index (χ4n) is 2.77. The summed E-state index contributed by atoms with van der Waals surface area (Å²) in [6, 6.07) is 4.15. The van der Waals surface area contributed by atoms with Gasteiger partial charge in [0.25, 0.3) is 0 Å². The summed E-state index contributed by atoms with van der Waals surface area (Å²) < 4.78 is 0. The van der Waals surface area contributed by atoms with Crippen molar-refractivity contribution in [3.63, 3.8) is 0 Å². The molecule has 1 heterocycles. The summed E-state index contributed by atoms with van der Waals surface area (Å²) in [7, 11) is 0. The van der Waals surface area contributed by atoms with Gasteiger partial charge in [-0.15, -0.1) is 0 Å². The van der Waals surface area contributed by atoms with Crippen molar-refractivity contribution < 1.29 is 0 Å². The fourth-order valence-corrected chi connectivity index (χ4v) is 2.93. The average molecular weight is 261 g/mol. The molecule has 3 heteroatoms. The molecule has 1 N–H and O–H groups in total. The third-order valence-corrected chi connectivity index (χ3v) is 4.05. The van der Waals surface area contributed by atoms with Crippen molar-refractivity contribution in [2.75, 3.05) is 11.9 Å². The van der Waals surface area contributed by atoms with Crippen molar-refractivity contribution in [3.05, 3.63) is 34.0 Å². The van der Waals surface area contributed by atoms with Crippen LogP contribution in [0, 0.1) is 6.92 Å². The molecule has 2 nitrogen and oxygen atoms in total. The van der Waals surface area contributed by atoms with Crippen molar-refractivity contribution in [1.82, 2.24) is 4.98 Å². The minimum Gasteiger partial charge on any atom is -0.384 e. The van der Waals surface area contributed by atoms with E-state index in [2.05, 4.69) is 18.3 Å². The number of pyridine rings is 1. The van der Waals surface area contributed by atoms with Crippen LogP contribution in [0.4, 0.5) is 5.69 Å². The highest BCUT2D eigenvalue weighted by Crippen LogP contribution is 2.35. The van der Waals surface area contributed by atoms with Gasteiger partial charge in [0.2, 0.25) is 0 Å². The maximum absolute atomic E-state index is 6.21. The number of hydrogen-bond acceptors (Lipinski definition) is 2. The predicted molar refractivity (Wildman–Crippen MR) is 77.7 cm³/mol. The van der Waals surface area contributed by atoms with Crippen molar-refractivity contribution >= 4 is 28.2 Å². The van der Waals surface area contributed by atoms with Gasteiger partial charge >= 0.3 is 0 Å². The van der Waals surface area contributed by atoms with Crippen LogP contribution in [-0.4, -0.2) is 11.5 Å². The van der Waals surface area contributed by atoms with Crippen LogP contribution >= 0.6 is 11.6 Å². The van der Waals surface area contributed by atoms with Crippen LogP contribution in [0.2, 0.25) is 5.02 Å². The lowest BCUT2D eigenvalue weighted by atomic mass is 10.0. The van der Waals surface area contributed by atoms with E-state index in [4.69, 9.17) is 16.6 Å². The summed E-state index contributed by atoms with van der Waals surface area (Å²) in [4.78, 5) is 4.78. The first-order valence-electron chi connectivity index (χ1n) is 6.56. The quantitative estimate of drug-likeness (QED) is 0.879. The van der Waals surface area contributed by atoms with E-state index in [0.717, 1.165) is 35.5 Å². The molecular weight excluding hydrogens is 244 g/mol. The summed E-state index contributed by atoms with van der Waals surface area (Å²) in [5.41, 5.74) is 6.06. The minimum atomic E-state index is 0.801. The summed E-state index contributed by atoms with van der Waals surface area (Å²) >= 11 is 6.21. The number of benzene rings is 1. The molecule has 94 valence electrons. The second-order valence-corrected chi connectivity index (χ2v) is 5.32. The summed E-state index contributed by atoms with van der Waals surface area (Å²) in [6.07, 6.45) is 3.45. The highest BCUT2D eigenvalue weighted by atomic mass is 35.5. The van der Waals surface area contributed by atoms with Crippen molar-refractivity contribution in [3.8, 4) is 0 Å². The lowest BCUT2D eigenvalue weighted by molar-refractivity contribution is 0.901. The molecule has 2 aromatic rings. The third-order valence-electron chi connectivity index (χ3n) is 3.65. The van der Waals surface area contributed by atoms with Gasteiger partial charge < -0.3 is 5.32 Å². The maximum atomic E-state index is 6.21. The zero-order chi connectivity index (χ0) is 12.7. The topological polar surface area (TPSA) is 24.9 Å². The first kappa shape index (κ1) is 11.8. The Hall–Kier alpha value is -1.28. The number of aryl methyl sites for hydroxylation is 2. The molecule has 0 saturated carbocycles. The van der Waals surface area contributed by atoms with Gasteiger partial charge in [0.15, 0.2) is 0 Å². The van der Waals surface area contributed by atoms with Crippen LogP contribution in [0.3, 0.4) is 0 Å². The summed E-state index contributed by atoms with van der Waals surface area (Å²) in [5.74, 6) is 0. The Morgan fingerprint density at radius 2 is 2.17 bits per heavy atom. The zero-order valence-corrected chi connectivity index (χ0v) is 11.6. The molecule has 1 aliphatic carbocycles. The van der Waals surface area contributed by atoms with Crippen LogP contribution in [0.5, 0.6) is 0 Å². The number of anilines is 1. The zero-order valence-electron chi connectivity index (χ0n) is 10.8. The lowest BCUT2D eigenvalue weighted by Gasteiger charge is -2.14. The Labute approximate surface area is 112 Å². The van der Waals surface area contributed by atoms with Crippen molar-refractivity contribution in [2.45, 2.75) is 33.1 Å². The normalized spacial score (nSPS) is 13.9. The molecule has 1 aromatic carbocycles. The number of aromatic nitrogens is 1. The number of rotatable bonds is 2. The van der Waals surface area contributed by atoms with E-state index < -0.39 is 0 Å². The van der Waals surface area contributed by atoms with Crippen molar-refractivity contribution in [1.29, 1.82) is 0 Å². The second kappa shape index (κ2) is 4.43. The Balaban J connectivity index is 2.34. The molecular formula is C15H17ClN2. The molecule has 0 fully saturated rings. The highest BCUT2D eigenvalue weighted by Gasteiger charge is 2.19. The number of hydrogen-bond donors (Lipinski definition) is 1. The van der Waals surface area contributed by atoms with Gasteiger partial charge in [0.05, 0.1) is 5.52 Å². The smallest absolute Gasteiger partial charge is 0.0741 e. The summed E-state index contributed by atoms with van der Waals surface area (Å²) in [6.45, 7) is 5.12. The molecule has 1 aliphatic rings. The van der Waals surface area contributed by atoms with Crippen LogP contribution in [-0.2, 0) is 12.8 Å². The van der Waals surface area contributed by atoms with Crippen LogP contribution < -0.4 is 5.32 Å². The molecule has 3 rings (SSSR count). The van der Waals surface area contributed by atoms with E-state index in [-0.39, 0.29) is 0 Å². The van der Waals surface area contributed by atoms with Gasteiger partial charge in [-0.05, 0) is 56.4 Å². The highest BCUT2D eigenvalue weighted by molar-refractivity contribution is 6.32. The number of nitrogens with one attached hydrogen (secondary N) is 1. The van der Waals surface area contributed by atoms with E-state index in [9.17, 15) is 0 Å². The minimum absolute atomic E-state index is 0.801. The molecule has 0 bridgehead atoms. The monoisotopic (exact) mass is 260 g/mol. The molecule has 0 unspecified atom stereocenters. The standard InChI is InChI=1S/C15H17ClN2/c1-3-17-15-10-5-4-6-13(10)18-14-8-12(16)9(2)7-11(14)15/h7-8H,3-6H2,1-2H3,(H,17,18). The van der Waals surface area contributed by atoms with Gasteiger partial charge in [-0.1, -0.05) is 11.6 Å². The first-order chi connectivity index (χ1) is 8.70. The average Bonchev–Trinajstić information content (AvgIpc) is 2.79. The Bertz CT molecular complexity index is 620. The molecule has 1 aromatic heterocycles. The predicted octanol–water partition coefficient (Wildman–Crippen LogP) is 4.12. The molecule has 0 amide bonds. The molecule has 18 heavy (non-hydrogen) atoms. The Kier molecular flexibility index (Phi) is 2.90. The SMILES string of the molecule is CCNc1c2c(nc3cc(Cl)c(C)cc13)CCC2. The number of fused-ring (bicyclic) bond motifs is 2. The lowest BCUT2D eigenvalue weighted by Crippen LogP contribution is -2.03. The second-order valence-electron chi connectivity index (χ2n) is 4.91. The Morgan fingerprint density at radius 1 is 1.33 bits per heavy atom. The van der Waals surface area contributed by atoms with E-state index in [1.807, 2.05) is 13.0 Å². The largest absolute Gasteiger partial charge is 0.384 e. The molecule has 0 spiro atoms. The summed E-state index contributed by atoms with van der Waals surface area (Å²) in [5, 5.41) is 5.52. The van der Waals surface area contributed by atoms with Crippen LogP contribution in [0.15, 0.2) is 12.1 Å². The molecule has 0 saturated heterocycles. The van der Waals surface area contributed by atoms with Crippen LogP contribution in [0.1, 0.15) is 30.2 Å². The number of halogens is 1. The van der Waals surface area contributed by atoms with E-state index in [0.29, 0.717) is 0 Å². The van der Waals surface area contributed by atoms with E-state index in [1.54, 1.807) is 0 Å². The van der Waals surface area contributed by atoms with Gasteiger partial charge in [0.1, 0.15) is 0 Å². The van der Waals surface area contributed by atoms with E-state index >= 15 is 0 Å². The van der Waals surface area contributed by atoms with Crippen LogP contribution in [0.25, 0.3) is 10.9 Å². The van der Waals surface area contributed by atoms with E-state index in [1.165, 1.54) is 28.8 Å².